The fourth-order valence-corrected chi connectivity index (χ4v) is 1.60. The first-order valence-electron chi connectivity index (χ1n) is 6.09. The van der Waals surface area contributed by atoms with Crippen LogP contribution in [-0.2, 0) is 24.3 Å². The van der Waals surface area contributed by atoms with Gasteiger partial charge in [0.05, 0.1) is 0 Å². The summed E-state index contributed by atoms with van der Waals surface area (Å²) in [6.45, 7) is 2.20. The first-order valence-corrected chi connectivity index (χ1v) is 6.09. The van der Waals surface area contributed by atoms with Crippen molar-refractivity contribution in [2.75, 3.05) is 0 Å². The molecule has 0 aromatic rings. The molecule has 3 nitrogen and oxygen atoms in total. The number of hydrogen-bond acceptors (Lipinski definition) is 2. The molecule has 0 saturated heterocycles. The van der Waals surface area contributed by atoms with Crippen LogP contribution in [0, 0.1) is 0 Å². The second kappa shape index (κ2) is 13.1. The van der Waals surface area contributed by atoms with Gasteiger partial charge in [0, 0.05) is 19.5 Å². The molecule has 0 rings (SSSR count). The molecule has 4 heteroatoms. The number of carboxylic acids is 1. The third-order valence-corrected chi connectivity index (χ3v) is 2.62. The predicted molar refractivity (Wildman–Crippen MR) is 60.9 cm³/mol. The maximum Gasteiger partial charge on any atom is 0.332 e. The molecule has 1 atom stereocenters. The SMILES string of the molecule is CCCCCCCCCCC(O)C(=O)O.[Zn]. The van der Waals surface area contributed by atoms with Crippen LogP contribution in [0.4, 0.5) is 0 Å². The van der Waals surface area contributed by atoms with Crippen molar-refractivity contribution >= 4 is 5.97 Å². The van der Waals surface area contributed by atoms with Gasteiger partial charge in [-0.15, -0.1) is 0 Å². The predicted octanol–water partition coefficient (Wildman–Crippen LogP) is 2.96. The van der Waals surface area contributed by atoms with Gasteiger partial charge in [0.1, 0.15) is 0 Å². The van der Waals surface area contributed by atoms with E-state index in [1.807, 2.05) is 0 Å². The monoisotopic (exact) mass is 280 g/mol. The van der Waals surface area contributed by atoms with Crippen molar-refractivity contribution in [1.82, 2.24) is 0 Å². The van der Waals surface area contributed by atoms with E-state index in [4.69, 9.17) is 10.2 Å². The molecule has 2 N–H and O–H groups in total. The van der Waals surface area contributed by atoms with Crippen LogP contribution >= 0.6 is 0 Å². The van der Waals surface area contributed by atoms with E-state index >= 15 is 0 Å². The minimum absolute atomic E-state index is 0. The van der Waals surface area contributed by atoms with E-state index < -0.39 is 12.1 Å². The first kappa shape index (κ1) is 18.4. The zero-order valence-electron chi connectivity index (χ0n) is 10.5. The summed E-state index contributed by atoms with van der Waals surface area (Å²) >= 11 is 0. The van der Waals surface area contributed by atoms with Crippen LogP contribution in [0.2, 0.25) is 0 Å². The van der Waals surface area contributed by atoms with E-state index in [1.54, 1.807) is 0 Å². The molecule has 0 bridgehead atoms. The minimum atomic E-state index is -1.16. The van der Waals surface area contributed by atoms with E-state index in [9.17, 15) is 4.79 Å². The molecule has 0 fully saturated rings. The molecule has 0 aromatic heterocycles. The molecular weight excluding hydrogens is 258 g/mol. The second-order valence-electron chi connectivity index (χ2n) is 4.12. The molecule has 92 valence electrons. The van der Waals surface area contributed by atoms with Gasteiger partial charge in [0.2, 0.25) is 0 Å². The van der Waals surface area contributed by atoms with Gasteiger partial charge >= 0.3 is 5.97 Å². The number of carboxylic acid groups (broad SMARTS) is 1. The number of aliphatic hydroxyl groups excluding tert-OH is 1. The topological polar surface area (TPSA) is 57.5 Å². The fraction of sp³-hybridized carbons (Fsp3) is 0.917. The molecule has 16 heavy (non-hydrogen) atoms. The van der Waals surface area contributed by atoms with Crippen LogP contribution in [0.3, 0.4) is 0 Å². The molecule has 0 heterocycles. The van der Waals surface area contributed by atoms with Crippen molar-refractivity contribution < 1.29 is 34.5 Å². The molecule has 0 aliphatic carbocycles. The van der Waals surface area contributed by atoms with Gasteiger partial charge in [-0.2, -0.15) is 0 Å². The van der Waals surface area contributed by atoms with Crippen molar-refractivity contribution in [2.24, 2.45) is 0 Å². The smallest absolute Gasteiger partial charge is 0.332 e. The number of carbonyl (C=O) groups is 1. The Balaban J connectivity index is 0. The minimum Gasteiger partial charge on any atom is -0.479 e. The van der Waals surface area contributed by atoms with Crippen LogP contribution in [0.5, 0.6) is 0 Å². The Bertz CT molecular complexity index is 162. The number of aliphatic carboxylic acids is 1. The Kier molecular flexibility index (Phi) is 15.1. The van der Waals surface area contributed by atoms with Gasteiger partial charge in [-0.1, -0.05) is 58.3 Å². The van der Waals surface area contributed by atoms with E-state index in [0.717, 1.165) is 19.3 Å². The van der Waals surface area contributed by atoms with Gasteiger partial charge < -0.3 is 10.2 Å². The van der Waals surface area contributed by atoms with Crippen molar-refractivity contribution in [2.45, 2.75) is 70.8 Å². The van der Waals surface area contributed by atoms with Crippen LogP contribution in [0.1, 0.15) is 64.7 Å². The zero-order chi connectivity index (χ0) is 11.5. The maximum atomic E-state index is 10.3. The number of hydrogen-bond donors (Lipinski definition) is 2. The van der Waals surface area contributed by atoms with Gasteiger partial charge in [0.25, 0.3) is 0 Å². The zero-order valence-corrected chi connectivity index (χ0v) is 13.4. The summed E-state index contributed by atoms with van der Waals surface area (Å²) in [5, 5.41) is 17.4. The Morgan fingerprint density at radius 2 is 1.44 bits per heavy atom. The summed E-state index contributed by atoms with van der Waals surface area (Å²) in [5.74, 6) is -1.10. The second-order valence-corrected chi connectivity index (χ2v) is 4.12. The molecule has 0 radical (unpaired) electrons. The van der Waals surface area contributed by atoms with E-state index in [2.05, 4.69) is 6.92 Å². The Labute approximate surface area is 111 Å². The van der Waals surface area contributed by atoms with Crippen LogP contribution in [0.15, 0.2) is 0 Å². The molecule has 0 aromatic carbocycles. The van der Waals surface area contributed by atoms with Gasteiger partial charge in [-0.3, -0.25) is 0 Å². The van der Waals surface area contributed by atoms with Crippen molar-refractivity contribution in [3.8, 4) is 0 Å². The molecule has 1 unspecified atom stereocenters. The van der Waals surface area contributed by atoms with Crippen LogP contribution in [-0.4, -0.2) is 22.3 Å². The van der Waals surface area contributed by atoms with Crippen molar-refractivity contribution in [3.05, 3.63) is 0 Å². The number of rotatable bonds is 10. The Hall–Kier alpha value is 0.0534. The molecule has 0 aliphatic heterocycles. The summed E-state index contributed by atoms with van der Waals surface area (Å²) in [7, 11) is 0. The number of aliphatic hydroxyl groups is 1. The molecular formula is C12H24O3Zn. The molecule has 0 aliphatic rings. The van der Waals surface area contributed by atoms with Gasteiger partial charge in [-0.05, 0) is 6.42 Å². The van der Waals surface area contributed by atoms with Crippen molar-refractivity contribution in [3.63, 3.8) is 0 Å². The van der Waals surface area contributed by atoms with E-state index in [0.29, 0.717) is 6.42 Å². The summed E-state index contributed by atoms with van der Waals surface area (Å²) in [6.07, 6.45) is 8.68. The van der Waals surface area contributed by atoms with Crippen LogP contribution in [0.25, 0.3) is 0 Å². The third-order valence-electron chi connectivity index (χ3n) is 2.62. The Morgan fingerprint density at radius 3 is 1.88 bits per heavy atom. The molecule has 0 amide bonds. The largest absolute Gasteiger partial charge is 0.479 e. The van der Waals surface area contributed by atoms with Crippen LogP contribution < -0.4 is 0 Å². The first-order chi connectivity index (χ1) is 7.18. The molecule has 0 spiro atoms. The normalized spacial score (nSPS) is 11.9. The van der Waals surface area contributed by atoms with E-state index in [1.165, 1.54) is 32.1 Å². The van der Waals surface area contributed by atoms with Gasteiger partial charge in [0.15, 0.2) is 6.10 Å². The number of unbranched alkanes of at least 4 members (excludes halogenated alkanes) is 7. The summed E-state index contributed by atoms with van der Waals surface area (Å²) < 4.78 is 0. The fourth-order valence-electron chi connectivity index (χ4n) is 1.60. The maximum absolute atomic E-state index is 10.3. The average Bonchev–Trinajstić information content (AvgIpc) is 2.21. The van der Waals surface area contributed by atoms with Crippen molar-refractivity contribution in [1.29, 1.82) is 0 Å². The van der Waals surface area contributed by atoms with E-state index in [-0.39, 0.29) is 19.5 Å². The molecule has 0 saturated carbocycles. The van der Waals surface area contributed by atoms with Gasteiger partial charge in [-0.25, -0.2) is 4.79 Å². The quantitative estimate of drug-likeness (QED) is 0.478. The summed E-state index contributed by atoms with van der Waals surface area (Å²) in [4.78, 5) is 10.3. The summed E-state index contributed by atoms with van der Waals surface area (Å²) in [5.41, 5.74) is 0. The third kappa shape index (κ3) is 12.1. The Morgan fingerprint density at radius 1 is 1.00 bits per heavy atom. The standard InChI is InChI=1S/C12H24O3.Zn/c1-2-3-4-5-6-7-8-9-10-11(13)12(14)15;/h11,13H,2-10H2,1H3,(H,14,15);. The average molecular weight is 282 g/mol. The summed E-state index contributed by atoms with van der Waals surface area (Å²) in [6, 6.07) is 0.